The van der Waals surface area contributed by atoms with Crippen molar-refractivity contribution in [3.8, 4) is 0 Å². The van der Waals surface area contributed by atoms with Gasteiger partial charge in [0, 0.05) is 37.5 Å². The van der Waals surface area contributed by atoms with Crippen molar-refractivity contribution in [3.05, 3.63) is 33.5 Å². The van der Waals surface area contributed by atoms with Gasteiger partial charge in [0.2, 0.25) is 0 Å². The molecule has 130 valence electrons. The number of aryl methyl sites for hydroxylation is 1. The van der Waals surface area contributed by atoms with Gasteiger partial charge >= 0.3 is 0 Å². The first kappa shape index (κ1) is 17.1. The lowest BCUT2D eigenvalue weighted by atomic mass is 9.95. The van der Waals surface area contributed by atoms with E-state index in [1.807, 2.05) is 31.7 Å². The number of piperidine rings is 1. The van der Waals surface area contributed by atoms with Crippen LogP contribution in [-0.4, -0.2) is 45.7 Å². The molecule has 1 saturated heterocycles. The largest absolute Gasteiger partial charge is 0.372 e. The smallest absolute Gasteiger partial charge is 0.265 e. The molecule has 0 bridgehead atoms. The molecule has 2 aromatic rings. The summed E-state index contributed by atoms with van der Waals surface area (Å²) in [5.74, 6) is 0.421. The van der Waals surface area contributed by atoms with Crippen LogP contribution in [0.1, 0.15) is 64.8 Å². The molecule has 1 aliphatic heterocycles. The van der Waals surface area contributed by atoms with Gasteiger partial charge in [0.05, 0.1) is 5.69 Å². The van der Waals surface area contributed by atoms with Crippen LogP contribution in [0.2, 0.25) is 0 Å². The Bertz CT molecular complexity index is 683. The van der Waals surface area contributed by atoms with Crippen LogP contribution in [0, 0.1) is 6.92 Å². The first-order chi connectivity index (χ1) is 11.6. The van der Waals surface area contributed by atoms with E-state index in [4.69, 9.17) is 4.74 Å². The Kier molecular flexibility index (Phi) is 5.30. The molecule has 1 aliphatic rings. The second-order valence-electron chi connectivity index (χ2n) is 6.17. The molecular weight excluding hydrogens is 324 g/mol. The van der Waals surface area contributed by atoms with Gasteiger partial charge in [-0.3, -0.25) is 9.89 Å². The quantitative estimate of drug-likeness (QED) is 0.900. The number of H-pyrrole nitrogens is 1. The lowest BCUT2D eigenvalue weighted by molar-refractivity contribution is 0.0709. The van der Waals surface area contributed by atoms with E-state index in [9.17, 15) is 4.79 Å². The molecule has 0 aromatic carbocycles. The zero-order valence-electron chi connectivity index (χ0n) is 14.4. The van der Waals surface area contributed by atoms with Crippen molar-refractivity contribution in [2.24, 2.45) is 0 Å². The van der Waals surface area contributed by atoms with Gasteiger partial charge in [-0.05, 0) is 39.7 Å². The molecule has 2 atom stereocenters. The van der Waals surface area contributed by atoms with Crippen LogP contribution in [0.15, 0.2) is 12.3 Å². The third-order valence-electron chi connectivity index (χ3n) is 4.44. The molecule has 1 amide bonds. The van der Waals surface area contributed by atoms with Gasteiger partial charge in [0.25, 0.3) is 5.91 Å². The monoisotopic (exact) mass is 348 g/mol. The molecule has 0 unspecified atom stereocenters. The van der Waals surface area contributed by atoms with E-state index in [2.05, 4.69) is 15.2 Å². The van der Waals surface area contributed by atoms with Crippen LogP contribution >= 0.6 is 11.3 Å². The van der Waals surface area contributed by atoms with Gasteiger partial charge < -0.3 is 9.64 Å². The van der Waals surface area contributed by atoms with Gasteiger partial charge in [-0.2, -0.15) is 5.10 Å². The number of carbonyl (C=O) groups excluding carboxylic acids is 1. The molecule has 7 heteroatoms. The van der Waals surface area contributed by atoms with Gasteiger partial charge in [0.15, 0.2) is 0 Å². The third-order valence-corrected chi connectivity index (χ3v) is 5.75. The number of hydrogen-bond donors (Lipinski definition) is 1. The predicted molar refractivity (Wildman–Crippen MR) is 93.4 cm³/mol. The van der Waals surface area contributed by atoms with Crippen LogP contribution in [0.4, 0.5) is 0 Å². The van der Waals surface area contributed by atoms with E-state index in [0.29, 0.717) is 12.5 Å². The molecule has 1 fully saturated rings. The van der Waals surface area contributed by atoms with E-state index >= 15 is 0 Å². The number of amides is 1. The fourth-order valence-electron chi connectivity index (χ4n) is 3.16. The summed E-state index contributed by atoms with van der Waals surface area (Å²) in [6.07, 6.45) is 3.79. The molecule has 1 N–H and O–H groups in total. The normalized spacial score (nSPS) is 19.5. The summed E-state index contributed by atoms with van der Waals surface area (Å²) in [6.45, 7) is 8.02. The Morgan fingerprint density at radius 2 is 2.42 bits per heavy atom. The minimum absolute atomic E-state index is 0.0700. The topological polar surface area (TPSA) is 71.1 Å². The highest BCUT2D eigenvalue weighted by molar-refractivity contribution is 7.13. The summed E-state index contributed by atoms with van der Waals surface area (Å²) in [6, 6.07) is 2.00. The molecule has 0 aliphatic carbocycles. The summed E-state index contributed by atoms with van der Waals surface area (Å²) in [5.41, 5.74) is 1.91. The highest BCUT2D eigenvalue weighted by atomic mass is 32.1. The summed E-state index contributed by atoms with van der Waals surface area (Å²) in [5, 5.41) is 7.94. The first-order valence-electron chi connectivity index (χ1n) is 8.47. The number of aromatic amines is 1. The van der Waals surface area contributed by atoms with Crippen LogP contribution in [0.25, 0.3) is 0 Å². The SMILES string of the molecule is CCO[C@H](C)c1nc(C)c(C(=O)N2CCC[C@H](c3ccn[nH]3)C2)s1. The lowest BCUT2D eigenvalue weighted by Crippen LogP contribution is -2.39. The predicted octanol–water partition coefficient (Wildman–Crippen LogP) is 3.29. The average Bonchev–Trinajstić information content (AvgIpc) is 3.24. The number of likely N-dealkylation sites (tertiary alicyclic amines) is 1. The maximum atomic E-state index is 13.0. The van der Waals surface area contributed by atoms with Crippen molar-refractivity contribution in [1.29, 1.82) is 0 Å². The van der Waals surface area contributed by atoms with E-state index in [1.54, 1.807) is 6.20 Å². The summed E-state index contributed by atoms with van der Waals surface area (Å²) in [4.78, 5) is 20.2. The number of nitrogens with zero attached hydrogens (tertiary/aromatic N) is 3. The van der Waals surface area contributed by atoms with Gasteiger partial charge in [-0.1, -0.05) is 0 Å². The molecule has 2 aromatic heterocycles. The number of ether oxygens (including phenoxy) is 1. The van der Waals surface area contributed by atoms with Crippen molar-refractivity contribution in [2.45, 2.75) is 45.6 Å². The maximum absolute atomic E-state index is 13.0. The molecule has 3 rings (SSSR count). The van der Waals surface area contributed by atoms with E-state index in [-0.39, 0.29) is 12.0 Å². The van der Waals surface area contributed by atoms with E-state index < -0.39 is 0 Å². The van der Waals surface area contributed by atoms with Crippen molar-refractivity contribution in [2.75, 3.05) is 19.7 Å². The Hall–Kier alpha value is -1.73. The minimum atomic E-state index is -0.0700. The summed E-state index contributed by atoms with van der Waals surface area (Å²) < 4.78 is 5.60. The maximum Gasteiger partial charge on any atom is 0.265 e. The van der Waals surface area contributed by atoms with Crippen LogP contribution < -0.4 is 0 Å². The Morgan fingerprint density at radius 1 is 1.58 bits per heavy atom. The molecule has 0 spiro atoms. The highest BCUT2D eigenvalue weighted by Gasteiger charge is 2.29. The zero-order chi connectivity index (χ0) is 17.1. The summed E-state index contributed by atoms with van der Waals surface area (Å²) in [7, 11) is 0. The minimum Gasteiger partial charge on any atom is -0.372 e. The number of rotatable bonds is 5. The average molecular weight is 348 g/mol. The fraction of sp³-hybridized carbons (Fsp3) is 0.588. The second kappa shape index (κ2) is 7.44. The third kappa shape index (κ3) is 3.52. The first-order valence-corrected chi connectivity index (χ1v) is 9.29. The van der Waals surface area contributed by atoms with Crippen molar-refractivity contribution in [1.82, 2.24) is 20.1 Å². The molecule has 0 saturated carbocycles. The van der Waals surface area contributed by atoms with Crippen molar-refractivity contribution in [3.63, 3.8) is 0 Å². The summed E-state index contributed by atoms with van der Waals surface area (Å²) >= 11 is 1.46. The molecule has 24 heavy (non-hydrogen) atoms. The van der Waals surface area contributed by atoms with Gasteiger partial charge in [0.1, 0.15) is 16.0 Å². The molecule has 0 radical (unpaired) electrons. The van der Waals surface area contributed by atoms with Crippen LogP contribution in [-0.2, 0) is 4.74 Å². The number of thiazole rings is 1. The Morgan fingerprint density at radius 3 is 3.12 bits per heavy atom. The standard InChI is InChI=1S/C17H24N4O2S/c1-4-23-12(3)16-19-11(2)15(24-16)17(22)21-9-5-6-13(10-21)14-7-8-18-20-14/h7-8,12-13H,4-6,9-10H2,1-3H3,(H,18,20)/t12-,13+/m1/s1. The van der Waals surface area contributed by atoms with Crippen LogP contribution in [0.5, 0.6) is 0 Å². The number of nitrogens with one attached hydrogen (secondary N) is 1. The van der Waals surface area contributed by atoms with Gasteiger partial charge in [-0.15, -0.1) is 11.3 Å². The lowest BCUT2D eigenvalue weighted by Gasteiger charge is -2.32. The fourth-order valence-corrected chi connectivity index (χ4v) is 4.20. The van der Waals surface area contributed by atoms with Crippen LogP contribution in [0.3, 0.4) is 0 Å². The molecule has 3 heterocycles. The van der Waals surface area contributed by atoms with Crippen molar-refractivity contribution >= 4 is 17.2 Å². The number of hydrogen-bond acceptors (Lipinski definition) is 5. The number of aromatic nitrogens is 3. The zero-order valence-corrected chi connectivity index (χ0v) is 15.2. The van der Waals surface area contributed by atoms with E-state index in [1.165, 1.54) is 11.3 Å². The molecular formula is C17H24N4O2S. The highest BCUT2D eigenvalue weighted by Crippen LogP contribution is 2.30. The second-order valence-corrected chi connectivity index (χ2v) is 7.20. The Balaban J connectivity index is 1.74. The molecule has 6 nitrogen and oxygen atoms in total. The Labute approximate surface area is 146 Å². The van der Waals surface area contributed by atoms with Crippen molar-refractivity contribution < 1.29 is 9.53 Å². The number of carbonyl (C=O) groups is 1. The van der Waals surface area contributed by atoms with Gasteiger partial charge in [-0.25, -0.2) is 4.98 Å². The van der Waals surface area contributed by atoms with E-state index in [0.717, 1.165) is 47.2 Å².